The molecule has 1 N–H and O–H groups in total. The van der Waals surface area contributed by atoms with Gasteiger partial charge in [0.2, 0.25) is 0 Å². The molecule has 1 aromatic carbocycles. The molecular formula is C17H19FN4O3S. The number of nitrogens with zero attached hydrogens (tertiary/aromatic N) is 3. The summed E-state index contributed by atoms with van der Waals surface area (Å²) in [4.78, 5) is 29.7. The first-order valence-corrected chi connectivity index (χ1v) is 8.98. The fourth-order valence-corrected chi connectivity index (χ4v) is 3.32. The van der Waals surface area contributed by atoms with Gasteiger partial charge in [-0.3, -0.25) is 9.80 Å². The van der Waals surface area contributed by atoms with E-state index < -0.39 is 11.9 Å². The van der Waals surface area contributed by atoms with Crippen LogP contribution in [0.4, 0.5) is 9.18 Å². The molecule has 0 unspecified atom stereocenters. The molecule has 26 heavy (non-hydrogen) atoms. The van der Waals surface area contributed by atoms with Gasteiger partial charge in [-0.05, 0) is 42.8 Å². The van der Waals surface area contributed by atoms with Crippen LogP contribution < -0.4 is 10.2 Å². The van der Waals surface area contributed by atoms with Crippen LogP contribution in [0.15, 0.2) is 28.1 Å². The Kier molecular flexibility index (Phi) is 5.58. The van der Waals surface area contributed by atoms with E-state index in [1.807, 2.05) is 5.01 Å². The number of ether oxygens (including phenoxy) is 1. The Morgan fingerprint density at radius 2 is 2.23 bits per heavy atom. The van der Waals surface area contributed by atoms with Crippen molar-refractivity contribution in [1.29, 1.82) is 0 Å². The summed E-state index contributed by atoms with van der Waals surface area (Å²) in [5.74, 6) is -0.853. The van der Waals surface area contributed by atoms with Crippen LogP contribution in [0.3, 0.4) is 0 Å². The molecule has 1 aromatic rings. The van der Waals surface area contributed by atoms with E-state index >= 15 is 0 Å². The fourth-order valence-electron chi connectivity index (χ4n) is 2.41. The van der Waals surface area contributed by atoms with Gasteiger partial charge in [0.15, 0.2) is 5.17 Å². The molecule has 2 heterocycles. The average molecular weight is 378 g/mol. The Balaban J connectivity index is 1.81. The number of hydrogen-bond donors (Lipinski definition) is 1. The number of amides is 2. The fraction of sp³-hybridized carbons (Fsp3) is 0.353. The van der Waals surface area contributed by atoms with Crippen molar-refractivity contribution in [3.8, 4) is 5.75 Å². The minimum absolute atomic E-state index is 0.0501. The molecule has 0 spiro atoms. The van der Waals surface area contributed by atoms with Gasteiger partial charge in [-0.1, -0.05) is 0 Å². The minimum Gasteiger partial charge on any atom is -0.409 e. The number of rotatable bonds is 2. The Morgan fingerprint density at radius 3 is 2.92 bits per heavy atom. The predicted octanol–water partition coefficient (Wildman–Crippen LogP) is 2.46. The average Bonchev–Trinajstić information content (AvgIpc) is 2.98. The van der Waals surface area contributed by atoms with E-state index in [1.165, 1.54) is 42.9 Å². The third-order valence-corrected chi connectivity index (χ3v) is 4.78. The van der Waals surface area contributed by atoms with Gasteiger partial charge >= 0.3 is 6.09 Å². The molecule has 3 rings (SSSR count). The van der Waals surface area contributed by atoms with Crippen LogP contribution in [0.25, 0.3) is 6.08 Å². The second kappa shape index (κ2) is 7.88. The summed E-state index contributed by atoms with van der Waals surface area (Å²) in [7, 11) is 3.06. The molecule has 0 radical (unpaired) electrons. The first-order chi connectivity index (χ1) is 12.4. The van der Waals surface area contributed by atoms with E-state index in [4.69, 9.17) is 4.74 Å². The zero-order valence-corrected chi connectivity index (χ0v) is 15.3. The molecule has 2 aliphatic rings. The predicted molar refractivity (Wildman–Crippen MR) is 98.1 cm³/mol. The van der Waals surface area contributed by atoms with Gasteiger partial charge in [0.1, 0.15) is 11.6 Å². The Hall–Kier alpha value is -2.39. The van der Waals surface area contributed by atoms with Crippen molar-refractivity contribution < 1.29 is 18.7 Å². The summed E-state index contributed by atoms with van der Waals surface area (Å²) in [5.41, 5.74) is 3.63. The van der Waals surface area contributed by atoms with E-state index in [0.29, 0.717) is 15.6 Å². The lowest BCUT2D eigenvalue weighted by molar-refractivity contribution is -0.113. The summed E-state index contributed by atoms with van der Waals surface area (Å²) in [5, 5.41) is 2.46. The van der Waals surface area contributed by atoms with Crippen LogP contribution in [0, 0.1) is 5.82 Å². The van der Waals surface area contributed by atoms with E-state index in [1.54, 1.807) is 6.08 Å². The minimum atomic E-state index is -0.630. The third-order valence-electron chi connectivity index (χ3n) is 3.78. The highest BCUT2D eigenvalue weighted by Crippen LogP contribution is 2.32. The molecule has 2 amide bonds. The monoisotopic (exact) mass is 378 g/mol. The lowest BCUT2D eigenvalue weighted by Gasteiger charge is -2.28. The lowest BCUT2D eigenvalue weighted by atomic mass is 10.2. The van der Waals surface area contributed by atoms with Crippen LogP contribution in [-0.2, 0) is 4.79 Å². The zero-order valence-electron chi connectivity index (χ0n) is 14.5. The number of carbonyl (C=O) groups is 2. The smallest absolute Gasteiger partial charge is 0.409 e. The largest absolute Gasteiger partial charge is 0.414 e. The van der Waals surface area contributed by atoms with Gasteiger partial charge in [-0.2, -0.15) is 4.99 Å². The van der Waals surface area contributed by atoms with Crippen molar-refractivity contribution in [2.75, 3.05) is 27.2 Å². The Morgan fingerprint density at radius 1 is 1.42 bits per heavy atom. The maximum absolute atomic E-state index is 13.6. The highest BCUT2D eigenvalue weighted by atomic mass is 32.2. The number of nitrogens with one attached hydrogen (secondary N) is 1. The summed E-state index contributed by atoms with van der Waals surface area (Å²) < 4.78 is 18.8. The van der Waals surface area contributed by atoms with Crippen molar-refractivity contribution in [1.82, 2.24) is 15.3 Å². The standard InChI is InChI=1S/C17H19FN4O3S/c1-21(2)17(24)25-13-10-12(18)6-5-11(13)9-14-15(23)20-16(26-14)22-8-4-3-7-19-22/h5-6,9-10,19H,3-4,7-8H2,1-2H3. The van der Waals surface area contributed by atoms with Crippen molar-refractivity contribution in [2.24, 2.45) is 4.99 Å². The molecule has 138 valence electrons. The van der Waals surface area contributed by atoms with Crippen molar-refractivity contribution in [3.63, 3.8) is 0 Å². The Bertz CT molecular complexity index is 788. The highest BCUT2D eigenvalue weighted by molar-refractivity contribution is 8.18. The zero-order chi connectivity index (χ0) is 18.7. The number of carbonyl (C=O) groups excluding carboxylic acids is 2. The van der Waals surface area contributed by atoms with Gasteiger partial charge in [-0.15, -0.1) is 0 Å². The normalized spacial score (nSPS) is 18.9. The molecule has 1 saturated heterocycles. The molecule has 7 nitrogen and oxygen atoms in total. The molecular weight excluding hydrogens is 359 g/mol. The van der Waals surface area contributed by atoms with Crippen LogP contribution in [-0.4, -0.2) is 54.3 Å². The number of amidine groups is 1. The van der Waals surface area contributed by atoms with Crippen molar-refractivity contribution in [3.05, 3.63) is 34.5 Å². The van der Waals surface area contributed by atoms with E-state index in [9.17, 15) is 14.0 Å². The topological polar surface area (TPSA) is 74.2 Å². The summed E-state index contributed by atoms with van der Waals surface area (Å²) in [6.07, 6.45) is 3.05. The first kappa shape index (κ1) is 18.4. The number of hydrogen-bond acceptors (Lipinski definition) is 6. The van der Waals surface area contributed by atoms with Gasteiger partial charge < -0.3 is 9.64 Å². The van der Waals surface area contributed by atoms with Crippen LogP contribution >= 0.6 is 11.8 Å². The van der Waals surface area contributed by atoms with Gasteiger partial charge in [0.05, 0.1) is 4.91 Å². The lowest BCUT2D eigenvalue weighted by Crippen LogP contribution is -2.45. The second-order valence-corrected chi connectivity index (χ2v) is 7.03. The molecule has 0 aliphatic carbocycles. The van der Waals surface area contributed by atoms with Gasteiger partial charge in [-0.25, -0.2) is 14.6 Å². The number of aliphatic imine (C=N–C) groups is 1. The molecule has 0 atom stereocenters. The second-order valence-electron chi connectivity index (χ2n) is 6.02. The highest BCUT2D eigenvalue weighted by Gasteiger charge is 2.27. The molecule has 9 heteroatoms. The molecule has 1 fully saturated rings. The maximum atomic E-state index is 13.6. The van der Waals surface area contributed by atoms with Crippen molar-refractivity contribution in [2.45, 2.75) is 12.8 Å². The molecule has 0 bridgehead atoms. The van der Waals surface area contributed by atoms with E-state index in [2.05, 4.69) is 10.4 Å². The molecule has 0 saturated carbocycles. The van der Waals surface area contributed by atoms with E-state index in [0.717, 1.165) is 32.0 Å². The van der Waals surface area contributed by atoms with Crippen LogP contribution in [0.5, 0.6) is 5.75 Å². The summed E-state index contributed by atoms with van der Waals surface area (Å²) in [6, 6.07) is 3.83. The third kappa shape index (κ3) is 4.23. The number of thioether (sulfide) groups is 1. The van der Waals surface area contributed by atoms with Crippen molar-refractivity contribution >= 4 is 35.0 Å². The molecule has 0 aromatic heterocycles. The molecule has 2 aliphatic heterocycles. The number of benzene rings is 1. The number of halogens is 1. The van der Waals surface area contributed by atoms with Gasteiger partial charge in [0, 0.05) is 38.8 Å². The summed E-state index contributed by atoms with van der Waals surface area (Å²) in [6.45, 7) is 1.63. The van der Waals surface area contributed by atoms with Crippen LogP contribution in [0.2, 0.25) is 0 Å². The quantitative estimate of drug-likeness (QED) is 0.797. The van der Waals surface area contributed by atoms with E-state index in [-0.39, 0.29) is 11.7 Å². The summed E-state index contributed by atoms with van der Waals surface area (Å²) >= 11 is 1.24. The van der Waals surface area contributed by atoms with Crippen LogP contribution in [0.1, 0.15) is 18.4 Å². The SMILES string of the molecule is CN(C)C(=O)Oc1cc(F)ccc1C=C1SC(N2CCCCN2)=NC1=O. The number of hydrazine groups is 1. The first-order valence-electron chi connectivity index (χ1n) is 8.16. The van der Waals surface area contributed by atoms with Gasteiger partial charge in [0.25, 0.3) is 5.91 Å². The maximum Gasteiger partial charge on any atom is 0.414 e. The Labute approximate surface area is 154 Å².